The van der Waals surface area contributed by atoms with Gasteiger partial charge in [-0.2, -0.15) is 4.98 Å². The minimum Gasteiger partial charge on any atom is -0.462 e. The second kappa shape index (κ2) is 5.70. The van der Waals surface area contributed by atoms with Gasteiger partial charge in [0.1, 0.15) is 0 Å². The van der Waals surface area contributed by atoms with E-state index in [4.69, 9.17) is 10.5 Å². The zero-order valence-corrected chi connectivity index (χ0v) is 10.9. The number of hydrogen-bond acceptors (Lipinski definition) is 3. The second-order valence-corrected chi connectivity index (χ2v) is 4.82. The van der Waals surface area contributed by atoms with Gasteiger partial charge in [0, 0.05) is 6.20 Å². The van der Waals surface area contributed by atoms with Crippen LogP contribution >= 0.6 is 0 Å². The third-order valence-electron chi connectivity index (χ3n) is 2.28. The van der Waals surface area contributed by atoms with Crippen molar-refractivity contribution in [1.29, 1.82) is 0 Å². The number of nitrogens with zero attached hydrogens (tertiary/aromatic N) is 2. The molecule has 0 radical (unpaired) electrons. The highest BCUT2D eigenvalue weighted by atomic mass is 16.5. The molecule has 0 aromatic carbocycles. The summed E-state index contributed by atoms with van der Waals surface area (Å²) in [5.74, 6) is 0.600. The van der Waals surface area contributed by atoms with E-state index >= 15 is 0 Å². The van der Waals surface area contributed by atoms with Crippen molar-refractivity contribution in [3.8, 4) is 6.01 Å². The van der Waals surface area contributed by atoms with Gasteiger partial charge in [0.25, 0.3) is 0 Å². The van der Waals surface area contributed by atoms with Gasteiger partial charge in [-0.1, -0.05) is 13.8 Å². The van der Waals surface area contributed by atoms with Crippen molar-refractivity contribution in [2.24, 2.45) is 11.7 Å². The maximum Gasteiger partial charge on any atom is 0.327 e. The van der Waals surface area contributed by atoms with Crippen LogP contribution in [0.3, 0.4) is 0 Å². The minimum absolute atomic E-state index is 0.0338. The molecule has 0 fully saturated rings. The Morgan fingerprint density at radius 3 is 2.59 bits per heavy atom. The van der Waals surface area contributed by atoms with Gasteiger partial charge in [0.15, 0.2) is 0 Å². The Morgan fingerprint density at radius 1 is 1.47 bits per heavy atom. The summed E-state index contributed by atoms with van der Waals surface area (Å²) in [5.41, 5.74) is 6.10. The fraction of sp³-hybridized carbons (Fsp3) is 0.667. The molecule has 5 heteroatoms. The summed E-state index contributed by atoms with van der Waals surface area (Å²) in [5, 5.41) is 0. The molecule has 1 rings (SSSR count). The molecule has 2 N–H and O–H groups in total. The molecule has 1 heterocycles. The molecule has 0 saturated heterocycles. The predicted octanol–water partition coefficient (Wildman–Crippen LogP) is 2.19. The van der Waals surface area contributed by atoms with E-state index in [1.807, 2.05) is 13.8 Å². The molecule has 96 valence electrons. The zero-order valence-electron chi connectivity index (χ0n) is 10.9. The third-order valence-corrected chi connectivity index (χ3v) is 2.28. The monoisotopic (exact) mass is 239 g/mol. The first-order valence-electron chi connectivity index (χ1n) is 5.95. The number of carbonyl (C=O) groups is 1. The van der Waals surface area contributed by atoms with Crippen LogP contribution in [0.4, 0.5) is 4.79 Å². The van der Waals surface area contributed by atoms with E-state index in [0.717, 1.165) is 18.5 Å². The Labute approximate surface area is 102 Å². The maximum absolute atomic E-state index is 11.2. The van der Waals surface area contributed by atoms with E-state index in [0.29, 0.717) is 5.92 Å². The van der Waals surface area contributed by atoms with Crippen LogP contribution in [0.15, 0.2) is 6.20 Å². The summed E-state index contributed by atoms with van der Waals surface area (Å²) >= 11 is 0. The largest absolute Gasteiger partial charge is 0.462 e. The fourth-order valence-electron chi connectivity index (χ4n) is 1.42. The van der Waals surface area contributed by atoms with E-state index in [2.05, 4.69) is 18.8 Å². The lowest BCUT2D eigenvalue weighted by atomic mass is 10.1. The Hall–Kier alpha value is -1.52. The summed E-state index contributed by atoms with van der Waals surface area (Å²) in [6.45, 7) is 8.06. The molecular weight excluding hydrogens is 218 g/mol. The molecule has 0 aliphatic carbocycles. The van der Waals surface area contributed by atoms with Gasteiger partial charge in [0.2, 0.25) is 0 Å². The maximum atomic E-state index is 11.2. The first kappa shape index (κ1) is 13.5. The van der Waals surface area contributed by atoms with Gasteiger partial charge >= 0.3 is 12.0 Å². The van der Waals surface area contributed by atoms with Gasteiger partial charge in [-0.05, 0) is 32.6 Å². The molecule has 1 amide bonds. The number of ether oxygens (including phenoxy) is 1. The summed E-state index contributed by atoms with van der Waals surface area (Å²) in [6, 6.07) is -0.282. The number of imidazole rings is 1. The SMILES string of the molecule is CC(C)CCc1cn(C(N)=O)c(OC(C)C)n1. The molecule has 0 bridgehead atoms. The Morgan fingerprint density at radius 2 is 2.12 bits per heavy atom. The number of nitrogens with two attached hydrogens (primary N) is 1. The fourth-order valence-corrected chi connectivity index (χ4v) is 1.42. The van der Waals surface area contributed by atoms with Crippen LogP contribution in [0.2, 0.25) is 0 Å². The molecule has 5 nitrogen and oxygen atoms in total. The highest BCUT2D eigenvalue weighted by Gasteiger charge is 2.14. The molecule has 0 aliphatic heterocycles. The highest BCUT2D eigenvalue weighted by Crippen LogP contribution is 2.15. The standard InChI is InChI=1S/C12H21N3O2/c1-8(2)5-6-10-7-15(11(13)16)12(14-10)17-9(3)4/h7-9H,5-6H2,1-4H3,(H2,13,16). The second-order valence-electron chi connectivity index (χ2n) is 4.82. The van der Waals surface area contributed by atoms with Gasteiger partial charge in [-0.15, -0.1) is 0 Å². The van der Waals surface area contributed by atoms with Crippen LogP contribution in [0, 0.1) is 5.92 Å². The van der Waals surface area contributed by atoms with Gasteiger partial charge in [0.05, 0.1) is 11.8 Å². The number of hydrogen-bond donors (Lipinski definition) is 1. The minimum atomic E-state index is -0.566. The zero-order chi connectivity index (χ0) is 13.0. The Kier molecular flexibility index (Phi) is 4.54. The van der Waals surface area contributed by atoms with Crippen LogP contribution in [0.25, 0.3) is 0 Å². The summed E-state index contributed by atoms with van der Waals surface area (Å²) in [7, 11) is 0. The van der Waals surface area contributed by atoms with E-state index in [1.165, 1.54) is 4.57 Å². The van der Waals surface area contributed by atoms with E-state index in [-0.39, 0.29) is 12.1 Å². The lowest BCUT2D eigenvalue weighted by Crippen LogP contribution is -2.21. The number of aryl methyl sites for hydroxylation is 1. The lowest BCUT2D eigenvalue weighted by molar-refractivity contribution is 0.209. The van der Waals surface area contributed by atoms with Crippen molar-refractivity contribution in [2.45, 2.75) is 46.6 Å². The third kappa shape index (κ3) is 4.09. The van der Waals surface area contributed by atoms with E-state index < -0.39 is 6.03 Å². The number of rotatable bonds is 5. The Bertz CT molecular complexity index is 383. The smallest absolute Gasteiger partial charge is 0.327 e. The van der Waals surface area contributed by atoms with Crippen LogP contribution in [0.1, 0.15) is 39.8 Å². The van der Waals surface area contributed by atoms with Gasteiger partial charge in [-0.25, -0.2) is 9.36 Å². The number of carbonyl (C=O) groups excluding carboxylic acids is 1. The molecule has 1 aromatic rings. The first-order chi connectivity index (χ1) is 7.90. The van der Waals surface area contributed by atoms with Crippen LogP contribution in [0.5, 0.6) is 6.01 Å². The van der Waals surface area contributed by atoms with Gasteiger partial charge in [-0.3, -0.25) is 0 Å². The summed E-state index contributed by atoms with van der Waals surface area (Å²) in [6.07, 6.45) is 3.47. The van der Waals surface area contributed by atoms with Crippen LogP contribution < -0.4 is 10.5 Å². The number of primary amides is 1. The van der Waals surface area contributed by atoms with Crippen molar-refractivity contribution in [3.05, 3.63) is 11.9 Å². The molecule has 1 aromatic heterocycles. The average molecular weight is 239 g/mol. The Balaban J connectivity index is 2.84. The molecule has 0 spiro atoms. The average Bonchev–Trinajstić information content (AvgIpc) is 2.57. The summed E-state index contributed by atoms with van der Waals surface area (Å²) in [4.78, 5) is 15.5. The molecule has 0 unspecified atom stereocenters. The predicted molar refractivity (Wildman–Crippen MR) is 66.1 cm³/mol. The summed E-state index contributed by atoms with van der Waals surface area (Å²) < 4.78 is 6.70. The lowest BCUT2D eigenvalue weighted by Gasteiger charge is -2.08. The van der Waals surface area contributed by atoms with Crippen molar-refractivity contribution >= 4 is 6.03 Å². The first-order valence-corrected chi connectivity index (χ1v) is 5.95. The van der Waals surface area contributed by atoms with E-state index in [1.54, 1.807) is 6.20 Å². The molecular formula is C12H21N3O2. The van der Waals surface area contributed by atoms with Crippen LogP contribution in [-0.4, -0.2) is 21.7 Å². The quantitative estimate of drug-likeness (QED) is 0.856. The molecule has 0 aliphatic rings. The number of amides is 1. The van der Waals surface area contributed by atoms with Crippen molar-refractivity contribution in [1.82, 2.24) is 9.55 Å². The van der Waals surface area contributed by atoms with Crippen molar-refractivity contribution in [2.75, 3.05) is 0 Å². The number of aromatic nitrogens is 2. The van der Waals surface area contributed by atoms with Crippen molar-refractivity contribution in [3.63, 3.8) is 0 Å². The topological polar surface area (TPSA) is 70.1 Å². The molecule has 0 saturated carbocycles. The van der Waals surface area contributed by atoms with Crippen molar-refractivity contribution < 1.29 is 9.53 Å². The van der Waals surface area contributed by atoms with Gasteiger partial charge < -0.3 is 10.5 Å². The van der Waals surface area contributed by atoms with E-state index in [9.17, 15) is 4.79 Å². The molecule has 0 atom stereocenters. The highest BCUT2D eigenvalue weighted by molar-refractivity contribution is 5.76. The normalized spacial score (nSPS) is 11.2. The molecule has 17 heavy (non-hydrogen) atoms. The van der Waals surface area contributed by atoms with Crippen LogP contribution in [-0.2, 0) is 6.42 Å².